The Labute approximate surface area is 141 Å². The van der Waals surface area contributed by atoms with Crippen LogP contribution in [0.4, 0.5) is 8.78 Å². The zero-order valence-electron chi connectivity index (χ0n) is 12.0. The predicted molar refractivity (Wildman–Crippen MR) is 91.6 cm³/mol. The second-order valence-electron chi connectivity index (χ2n) is 5.13. The number of piperazine rings is 1. The standard InChI is InChI=1S/C16H18F2N2.2ClH/c17-16(18)15(20-10-8-19-9-11-20)14-7-3-5-12-4-1-2-6-13(12)14;;/h1-7,15-16,19H,8-11H2;2*1H/t15-;;/m1../s1. The molecule has 1 aliphatic rings. The smallest absolute Gasteiger partial charge is 0.258 e. The van der Waals surface area contributed by atoms with Gasteiger partial charge in [-0.05, 0) is 16.3 Å². The van der Waals surface area contributed by atoms with Gasteiger partial charge in [-0.1, -0.05) is 42.5 Å². The number of rotatable bonds is 3. The third kappa shape index (κ3) is 3.87. The predicted octanol–water partition coefficient (Wildman–Crippen LogP) is 3.89. The fraction of sp³-hybridized carbons (Fsp3) is 0.375. The highest BCUT2D eigenvalue weighted by Crippen LogP contribution is 2.32. The second-order valence-corrected chi connectivity index (χ2v) is 5.13. The third-order valence-corrected chi connectivity index (χ3v) is 3.93. The molecule has 6 heteroatoms. The van der Waals surface area contributed by atoms with Crippen molar-refractivity contribution < 1.29 is 8.78 Å². The van der Waals surface area contributed by atoms with E-state index in [1.165, 1.54) is 0 Å². The lowest BCUT2D eigenvalue weighted by atomic mass is 9.97. The van der Waals surface area contributed by atoms with Crippen molar-refractivity contribution in [1.29, 1.82) is 0 Å². The molecular weight excluding hydrogens is 329 g/mol. The summed E-state index contributed by atoms with van der Waals surface area (Å²) in [7, 11) is 0. The summed E-state index contributed by atoms with van der Waals surface area (Å²) in [6.07, 6.45) is -2.38. The Kier molecular flexibility index (Phi) is 7.49. The first kappa shape index (κ1) is 19.1. The highest BCUT2D eigenvalue weighted by molar-refractivity contribution is 5.86. The first-order valence-corrected chi connectivity index (χ1v) is 6.98. The van der Waals surface area contributed by atoms with Crippen molar-refractivity contribution in [3.63, 3.8) is 0 Å². The summed E-state index contributed by atoms with van der Waals surface area (Å²) in [5.41, 5.74) is 0.736. The molecule has 0 spiro atoms. The van der Waals surface area contributed by atoms with Gasteiger partial charge < -0.3 is 5.32 Å². The van der Waals surface area contributed by atoms with Gasteiger partial charge in [0.1, 0.15) is 0 Å². The minimum atomic E-state index is -2.38. The fourth-order valence-electron chi connectivity index (χ4n) is 2.96. The van der Waals surface area contributed by atoms with Crippen molar-refractivity contribution in [3.8, 4) is 0 Å². The number of hydrogen-bond acceptors (Lipinski definition) is 2. The highest BCUT2D eigenvalue weighted by Gasteiger charge is 2.31. The maximum Gasteiger partial charge on any atom is 0.258 e. The van der Waals surface area contributed by atoms with Crippen LogP contribution in [0.15, 0.2) is 42.5 Å². The maximum absolute atomic E-state index is 13.6. The van der Waals surface area contributed by atoms with E-state index in [2.05, 4.69) is 5.32 Å². The van der Waals surface area contributed by atoms with E-state index >= 15 is 0 Å². The molecule has 1 heterocycles. The summed E-state index contributed by atoms with van der Waals surface area (Å²) in [4.78, 5) is 1.89. The Bertz CT molecular complexity index is 584. The van der Waals surface area contributed by atoms with Crippen LogP contribution in [-0.4, -0.2) is 37.5 Å². The number of fused-ring (bicyclic) bond motifs is 1. The SMILES string of the molecule is Cl.Cl.FC(F)[C@@H](c1cccc2ccccc12)N1CCNCC1. The van der Waals surface area contributed by atoms with Gasteiger partial charge in [0, 0.05) is 26.2 Å². The quantitative estimate of drug-likeness (QED) is 0.904. The van der Waals surface area contributed by atoms with Crippen LogP contribution in [0, 0.1) is 0 Å². The second kappa shape index (κ2) is 8.63. The third-order valence-electron chi connectivity index (χ3n) is 3.93. The van der Waals surface area contributed by atoms with Crippen LogP contribution in [0.3, 0.4) is 0 Å². The summed E-state index contributed by atoms with van der Waals surface area (Å²) in [5.74, 6) is 0. The Hall–Kier alpha value is -0.940. The van der Waals surface area contributed by atoms with Crippen molar-refractivity contribution in [2.24, 2.45) is 0 Å². The van der Waals surface area contributed by atoms with Crippen LogP contribution in [0.5, 0.6) is 0 Å². The van der Waals surface area contributed by atoms with Gasteiger partial charge in [-0.3, -0.25) is 4.90 Å². The average Bonchev–Trinajstić information content (AvgIpc) is 2.48. The number of benzene rings is 2. The number of nitrogens with one attached hydrogen (secondary N) is 1. The van der Waals surface area contributed by atoms with Crippen LogP contribution in [0.25, 0.3) is 10.8 Å². The molecule has 2 aromatic carbocycles. The number of halogens is 4. The van der Waals surface area contributed by atoms with Crippen LogP contribution < -0.4 is 5.32 Å². The molecule has 0 saturated carbocycles. The van der Waals surface area contributed by atoms with Gasteiger partial charge in [0.2, 0.25) is 0 Å². The van der Waals surface area contributed by atoms with Crippen molar-refractivity contribution in [2.45, 2.75) is 12.5 Å². The summed E-state index contributed by atoms with van der Waals surface area (Å²) in [6.45, 7) is 2.87. The van der Waals surface area contributed by atoms with Crippen molar-refractivity contribution in [3.05, 3.63) is 48.0 Å². The largest absolute Gasteiger partial charge is 0.314 e. The van der Waals surface area contributed by atoms with E-state index in [0.29, 0.717) is 13.1 Å². The van der Waals surface area contributed by atoms with Crippen molar-refractivity contribution >= 4 is 35.6 Å². The van der Waals surface area contributed by atoms with Gasteiger partial charge in [-0.2, -0.15) is 0 Å². The van der Waals surface area contributed by atoms with E-state index in [-0.39, 0.29) is 24.8 Å². The molecule has 0 bridgehead atoms. The zero-order chi connectivity index (χ0) is 13.9. The number of hydrogen-bond donors (Lipinski definition) is 1. The van der Waals surface area contributed by atoms with Crippen LogP contribution in [-0.2, 0) is 0 Å². The van der Waals surface area contributed by atoms with Crippen molar-refractivity contribution in [1.82, 2.24) is 10.2 Å². The Morgan fingerprint density at radius 3 is 2.23 bits per heavy atom. The maximum atomic E-state index is 13.6. The van der Waals surface area contributed by atoms with E-state index in [0.717, 1.165) is 29.4 Å². The Morgan fingerprint density at radius 1 is 0.909 bits per heavy atom. The summed E-state index contributed by atoms with van der Waals surface area (Å²) in [6, 6.07) is 12.6. The average molecular weight is 349 g/mol. The van der Waals surface area contributed by atoms with Gasteiger partial charge in [0.05, 0.1) is 6.04 Å². The van der Waals surface area contributed by atoms with Gasteiger partial charge in [0.15, 0.2) is 0 Å². The van der Waals surface area contributed by atoms with Gasteiger partial charge in [-0.25, -0.2) is 8.78 Å². The molecule has 2 nitrogen and oxygen atoms in total. The normalized spacial score (nSPS) is 16.9. The molecule has 0 aliphatic carbocycles. The number of nitrogens with zero attached hydrogens (tertiary/aromatic N) is 1. The molecule has 22 heavy (non-hydrogen) atoms. The summed E-state index contributed by atoms with van der Waals surface area (Å²) in [5, 5.41) is 5.16. The number of alkyl halides is 2. The summed E-state index contributed by atoms with van der Waals surface area (Å²) < 4.78 is 27.3. The van der Waals surface area contributed by atoms with E-state index in [1.54, 1.807) is 0 Å². The molecule has 1 aliphatic heterocycles. The van der Waals surface area contributed by atoms with E-state index < -0.39 is 12.5 Å². The van der Waals surface area contributed by atoms with Gasteiger partial charge >= 0.3 is 0 Å². The molecule has 122 valence electrons. The minimum Gasteiger partial charge on any atom is -0.314 e. The lowest BCUT2D eigenvalue weighted by Crippen LogP contribution is -2.46. The lowest BCUT2D eigenvalue weighted by Gasteiger charge is -2.35. The molecule has 1 atom stereocenters. The molecule has 0 amide bonds. The highest BCUT2D eigenvalue weighted by atomic mass is 35.5. The van der Waals surface area contributed by atoms with Crippen LogP contribution >= 0.6 is 24.8 Å². The van der Waals surface area contributed by atoms with Gasteiger partial charge in [0.25, 0.3) is 6.43 Å². The topological polar surface area (TPSA) is 15.3 Å². The fourth-order valence-corrected chi connectivity index (χ4v) is 2.96. The lowest BCUT2D eigenvalue weighted by molar-refractivity contribution is 0.0189. The van der Waals surface area contributed by atoms with E-state index in [1.807, 2.05) is 47.4 Å². The minimum absolute atomic E-state index is 0. The molecule has 1 fully saturated rings. The molecule has 3 rings (SSSR count). The molecule has 0 unspecified atom stereocenters. The van der Waals surface area contributed by atoms with E-state index in [4.69, 9.17) is 0 Å². The van der Waals surface area contributed by atoms with Crippen molar-refractivity contribution in [2.75, 3.05) is 26.2 Å². The molecule has 1 N–H and O–H groups in total. The Morgan fingerprint density at radius 2 is 1.55 bits per heavy atom. The molecule has 0 aromatic heterocycles. The van der Waals surface area contributed by atoms with Crippen LogP contribution in [0.1, 0.15) is 11.6 Å². The zero-order valence-corrected chi connectivity index (χ0v) is 13.7. The van der Waals surface area contributed by atoms with Gasteiger partial charge in [-0.15, -0.1) is 24.8 Å². The molecular formula is C16H20Cl2F2N2. The first-order valence-electron chi connectivity index (χ1n) is 6.98. The first-order chi connectivity index (χ1) is 9.77. The Balaban J connectivity index is 0.00000121. The molecule has 1 saturated heterocycles. The molecule has 2 aromatic rings. The monoisotopic (exact) mass is 348 g/mol. The van der Waals surface area contributed by atoms with Crippen LogP contribution in [0.2, 0.25) is 0 Å². The molecule has 0 radical (unpaired) electrons. The summed E-state index contributed by atoms with van der Waals surface area (Å²) >= 11 is 0. The van der Waals surface area contributed by atoms with E-state index in [9.17, 15) is 8.78 Å².